The lowest BCUT2D eigenvalue weighted by Crippen LogP contribution is -1.92. The van der Waals surface area contributed by atoms with E-state index in [1.165, 1.54) is 0 Å². The van der Waals surface area contributed by atoms with Gasteiger partial charge in [-0.2, -0.15) is 0 Å². The number of carbonyl (C=O) groups excluding carboxylic acids is 1. The van der Waals surface area contributed by atoms with Crippen LogP contribution in [0.15, 0.2) is 6.20 Å². The highest BCUT2D eigenvalue weighted by molar-refractivity contribution is 7.11. The average Bonchev–Trinajstić information content (AvgIpc) is 2.34. The molecule has 0 aliphatic rings. The molecule has 0 unspecified atom stereocenters. The summed E-state index contributed by atoms with van der Waals surface area (Å²) < 4.78 is 0. The standard InChI is InChI=1S/C9H13NOS/c1-6(2)9-10-5-8(12-9)4-7(3)11/h5-6H,4H2,1-3H3. The van der Waals surface area contributed by atoms with Crippen LogP contribution < -0.4 is 0 Å². The first-order valence-electron chi connectivity index (χ1n) is 4.03. The number of thiazole rings is 1. The van der Waals surface area contributed by atoms with Gasteiger partial charge in [0.1, 0.15) is 5.78 Å². The third-order valence-electron chi connectivity index (χ3n) is 1.49. The highest BCUT2D eigenvalue weighted by atomic mass is 32.1. The lowest BCUT2D eigenvalue weighted by Gasteiger charge is -1.95. The first-order chi connectivity index (χ1) is 5.59. The molecule has 0 fully saturated rings. The minimum atomic E-state index is 0.203. The van der Waals surface area contributed by atoms with Crippen LogP contribution in [0.5, 0.6) is 0 Å². The number of hydrogen-bond donors (Lipinski definition) is 0. The summed E-state index contributed by atoms with van der Waals surface area (Å²) in [6.45, 7) is 5.82. The lowest BCUT2D eigenvalue weighted by atomic mass is 10.2. The fourth-order valence-electron chi connectivity index (χ4n) is 0.917. The predicted octanol–water partition coefficient (Wildman–Crippen LogP) is 2.40. The maximum atomic E-state index is 10.8. The van der Waals surface area contributed by atoms with Crippen molar-refractivity contribution in [3.05, 3.63) is 16.1 Å². The third kappa shape index (κ3) is 2.41. The second-order valence-electron chi connectivity index (χ2n) is 3.20. The summed E-state index contributed by atoms with van der Waals surface area (Å²) in [7, 11) is 0. The van der Waals surface area contributed by atoms with Crippen molar-refractivity contribution < 1.29 is 4.79 Å². The molecule has 0 spiro atoms. The molecule has 0 aliphatic heterocycles. The molecule has 0 radical (unpaired) electrons. The van der Waals surface area contributed by atoms with Crippen LogP contribution in [0.4, 0.5) is 0 Å². The molecule has 12 heavy (non-hydrogen) atoms. The van der Waals surface area contributed by atoms with Gasteiger partial charge in [-0.3, -0.25) is 4.79 Å². The topological polar surface area (TPSA) is 30.0 Å². The largest absolute Gasteiger partial charge is 0.300 e. The smallest absolute Gasteiger partial charge is 0.135 e. The van der Waals surface area contributed by atoms with Crippen LogP contribution in [0.25, 0.3) is 0 Å². The molecule has 0 aromatic carbocycles. The van der Waals surface area contributed by atoms with Gasteiger partial charge in [-0.15, -0.1) is 11.3 Å². The Morgan fingerprint density at radius 1 is 1.67 bits per heavy atom. The van der Waals surface area contributed by atoms with Crippen LogP contribution in [-0.4, -0.2) is 10.8 Å². The van der Waals surface area contributed by atoms with Crippen molar-refractivity contribution in [1.29, 1.82) is 0 Å². The minimum absolute atomic E-state index is 0.203. The maximum absolute atomic E-state index is 10.8. The molecule has 0 bridgehead atoms. The molecule has 0 saturated heterocycles. The first kappa shape index (κ1) is 9.39. The van der Waals surface area contributed by atoms with Crippen molar-refractivity contribution in [2.45, 2.75) is 33.1 Å². The second-order valence-corrected chi connectivity index (χ2v) is 4.35. The van der Waals surface area contributed by atoms with Gasteiger partial charge in [-0.1, -0.05) is 13.8 Å². The molecule has 1 rings (SSSR count). The van der Waals surface area contributed by atoms with Gasteiger partial charge in [0.25, 0.3) is 0 Å². The number of carbonyl (C=O) groups is 1. The van der Waals surface area contributed by atoms with E-state index >= 15 is 0 Å². The molecule has 0 aliphatic carbocycles. The van der Waals surface area contributed by atoms with Crippen LogP contribution in [0.2, 0.25) is 0 Å². The lowest BCUT2D eigenvalue weighted by molar-refractivity contribution is -0.116. The highest BCUT2D eigenvalue weighted by Crippen LogP contribution is 2.21. The molecule has 0 amide bonds. The first-order valence-corrected chi connectivity index (χ1v) is 4.85. The van der Waals surface area contributed by atoms with Gasteiger partial charge in [0, 0.05) is 23.4 Å². The van der Waals surface area contributed by atoms with Crippen LogP contribution in [0, 0.1) is 0 Å². The second kappa shape index (κ2) is 3.81. The van der Waals surface area contributed by atoms with Gasteiger partial charge in [-0.05, 0) is 6.92 Å². The van der Waals surface area contributed by atoms with Crippen molar-refractivity contribution in [2.24, 2.45) is 0 Å². The zero-order valence-corrected chi connectivity index (χ0v) is 8.44. The number of hydrogen-bond acceptors (Lipinski definition) is 3. The van der Waals surface area contributed by atoms with E-state index in [4.69, 9.17) is 0 Å². The Labute approximate surface area is 76.6 Å². The number of ketones is 1. The summed E-state index contributed by atoms with van der Waals surface area (Å²) >= 11 is 1.64. The van der Waals surface area contributed by atoms with Crippen molar-refractivity contribution in [1.82, 2.24) is 4.98 Å². The van der Waals surface area contributed by atoms with Crippen molar-refractivity contribution in [3.63, 3.8) is 0 Å². The number of aromatic nitrogens is 1. The Morgan fingerprint density at radius 3 is 2.75 bits per heavy atom. The number of rotatable bonds is 3. The molecule has 1 aromatic heterocycles. The van der Waals surface area contributed by atoms with Gasteiger partial charge in [-0.25, -0.2) is 4.98 Å². The van der Waals surface area contributed by atoms with Crippen LogP contribution in [0.3, 0.4) is 0 Å². The maximum Gasteiger partial charge on any atom is 0.135 e. The Morgan fingerprint density at radius 2 is 2.33 bits per heavy atom. The summed E-state index contributed by atoms with van der Waals surface area (Å²) in [4.78, 5) is 16.1. The molecule has 0 atom stereocenters. The summed E-state index contributed by atoms with van der Waals surface area (Å²) in [6.07, 6.45) is 2.34. The third-order valence-corrected chi connectivity index (χ3v) is 2.79. The minimum Gasteiger partial charge on any atom is -0.300 e. The monoisotopic (exact) mass is 183 g/mol. The molecule has 66 valence electrons. The van der Waals surface area contributed by atoms with E-state index < -0.39 is 0 Å². The van der Waals surface area contributed by atoms with E-state index in [0.29, 0.717) is 12.3 Å². The Bertz CT molecular complexity index is 278. The van der Waals surface area contributed by atoms with E-state index in [0.717, 1.165) is 9.88 Å². The van der Waals surface area contributed by atoms with E-state index in [1.54, 1.807) is 24.5 Å². The van der Waals surface area contributed by atoms with Gasteiger partial charge < -0.3 is 0 Å². The fraction of sp³-hybridized carbons (Fsp3) is 0.556. The molecular weight excluding hydrogens is 170 g/mol. The van der Waals surface area contributed by atoms with Crippen molar-refractivity contribution in [3.8, 4) is 0 Å². The van der Waals surface area contributed by atoms with Crippen molar-refractivity contribution >= 4 is 17.1 Å². The quantitative estimate of drug-likeness (QED) is 0.720. The van der Waals surface area contributed by atoms with Crippen LogP contribution >= 0.6 is 11.3 Å². The van der Waals surface area contributed by atoms with E-state index in [2.05, 4.69) is 18.8 Å². The number of Topliss-reactive ketones (excluding diaryl/α,β-unsaturated/α-hetero) is 1. The van der Waals surface area contributed by atoms with E-state index in [1.807, 2.05) is 0 Å². The van der Waals surface area contributed by atoms with Gasteiger partial charge in [0.15, 0.2) is 0 Å². The highest BCUT2D eigenvalue weighted by Gasteiger charge is 2.06. The Kier molecular flexibility index (Phi) is 2.98. The Balaban J connectivity index is 2.70. The molecule has 1 aromatic rings. The molecule has 0 saturated carbocycles. The molecule has 2 nitrogen and oxygen atoms in total. The van der Waals surface area contributed by atoms with Gasteiger partial charge >= 0.3 is 0 Å². The molecular formula is C9H13NOS. The van der Waals surface area contributed by atoms with Gasteiger partial charge in [0.05, 0.1) is 5.01 Å². The van der Waals surface area contributed by atoms with Gasteiger partial charge in [0.2, 0.25) is 0 Å². The summed E-state index contributed by atoms with van der Waals surface area (Å²) in [5.74, 6) is 0.671. The SMILES string of the molecule is CC(=O)Cc1cnc(C(C)C)s1. The zero-order chi connectivity index (χ0) is 9.14. The zero-order valence-electron chi connectivity index (χ0n) is 7.63. The van der Waals surface area contributed by atoms with Crippen LogP contribution in [-0.2, 0) is 11.2 Å². The van der Waals surface area contributed by atoms with E-state index in [9.17, 15) is 4.79 Å². The predicted molar refractivity (Wildman–Crippen MR) is 50.6 cm³/mol. The fourth-order valence-corrected chi connectivity index (χ4v) is 1.91. The number of nitrogens with zero attached hydrogens (tertiary/aromatic N) is 1. The van der Waals surface area contributed by atoms with Crippen LogP contribution in [0.1, 0.15) is 36.6 Å². The Hall–Kier alpha value is -0.700. The molecule has 0 N–H and O–H groups in total. The average molecular weight is 183 g/mol. The summed E-state index contributed by atoms with van der Waals surface area (Å²) in [5, 5.41) is 1.12. The summed E-state index contributed by atoms with van der Waals surface area (Å²) in [5.41, 5.74) is 0. The molecule has 3 heteroatoms. The normalized spacial score (nSPS) is 10.7. The van der Waals surface area contributed by atoms with Crippen molar-refractivity contribution in [2.75, 3.05) is 0 Å². The molecule has 1 heterocycles. The summed E-state index contributed by atoms with van der Waals surface area (Å²) in [6, 6.07) is 0. The van der Waals surface area contributed by atoms with E-state index in [-0.39, 0.29) is 5.78 Å².